The van der Waals surface area contributed by atoms with Crippen LogP contribution in [0.3, 0.4) is 0 Å². The van der Waals surface area contributed by atoms with E-state index in [1.54, 1.807) is 18.2 Å². The van der Waals surface area contributed by atoms with Gasteiger partial charge >= 0.3 is 0 Å². The van der Waals surface area contributed by atoms with Crippen LogP contribution in [-0.4, -0.2) is 42.9 Å². The van der Waals surface area contributed by atoms with Crippen LogP contribution in [0.5, 0.6) is 5.75 Å². The van der Waals surface area contributed by atoms with Crippen LogP contribution in [-0.2, 0) is 0 Å². The summed E-state index contributed by atoms with van der Waals surface area (Å²) in [4.78, 5) is 2.04. The quantitative estimate of drug-likeness (QED) is 0.766. The largest absolute Gasteiger partial charge is 0.489 e. The number of ether oxygens (including phenoxy) is 1. The molecule has 0 saturated heterocycles. The van der Waals surface area contributed by atoms with Gasteiger partial charge in [-0.25, -0.2) is 4.39 Å². The highest BCUT2D eigenvalue weighted by Gasteiger charge is 2.04. The second-order valence-electron chi connectivity index (χ2n) is 3.44. The van der Waals surface area contributed by atoms with Crippen LogP contribution in [0.4, 0.5) is 4.39 Å². The van der Waals surface area contributed by atoms with Crippen molar-refractivity contribution in [2.45, 2.75) is 6.92 Å². The molecule has 0 spiro atoms. The first-order chi connectivity index (χ1) is 7.77. The molecule has 1 aromatic rings. The molecule has 0 aliphatic rings. The summed E-state index contributed by atoms with van der Waals surface area (Å²) in [5, 5.41) is 8.79. The van der Waals surface area contributed by atoms with E-state index in [1.807, 2.05) is 11.8 Å². The molecule has 0 radical (unpaired) electrons. The summed E-state index contributed by atoms with van der Waals surface area (Å²) < 4.78 is 18.5. The zero-order valence-electron chi connectivity index (χ0n) is 9.53. The van der Waals surface area contributed by atoms with Crippen LogP contribution in [0.1, 0.15) is 6.92 Å². The van der Waals surface area contributed by atoms with E-state index in [-0.39, 0.29) is 18.2 Å². The zero-order valence-corrected chi connectivity index (χ0v) is 9.53. The molecule has 0 atom stereocenters. The number of hydrogen-bond donors (Lipinski definition) is 1. The van der Waals surface area contributed by atoms with Gasteiger partial charge in [0.05, 0.1) is 6.61 Å². The van der Waals surface area contributed by atoms with Crippen molar-refractivity contribution in [3.63, 3.8) is 0 Å². The third-order valence-electron chi connectivity index (χ3n) is 2.37. The molecule has 16 heavy (non-hydrogen) atoms. The van der Waals surface area contributed by atoms with Crippen molar-refractivity contribution in [2.24, 2.45) is 0 Å². The lowest BCUT2D eigenvalue weighted by Gasteiger charge is -2.19. The van der Waals surface area contributed by atoms with Gasteiger partial charge in [0.1, 0.15) is 6.61 Å². The van der Waals surface area contributed by atoms with Crippen LogP contribution in [0.25, 0.3) is 0 Å². The summed E-state index contributed by atoms with van der Waals surface area (Å²) in [6.07, 6.45) is 0. The average Bonchev–Trinajstić information content (AvgIpc) is 2.30. The Labute approximate surface area is 95.5 Å². The number of para-hydroxylation sites is 1. The minimum Gasteiger partial charge on any atom is -0.489 e. The highest BCUT2D eigenvalue weighted by Crippen LogP contribution is 2.14. The maximum atomic E-state index is 13.2. The third-order valence-corrected chi connectivity index (χ3v) is 2.37. The maximum Gasteiger partial charge on any atom is 0.165 e. The molecule has 1 N–H and O–H groups in total. The van der Waals surface area contributed by atoms with E-state index in [2.05, 4.69) is 0 Å². The van der Waals surface area contributed by atoms with Crippen molar-refractivity contribution in [3.8, 4) is 5.75 Å². The fourth-order valence-corrected chi connectivity index (χ4v) is 1.42. The SMILES string of the molecule is CCN(CCO)CCOc1ccccc1F. The van der Waals surface area contributed by atoms with Crippen LogP contribution in [0.2, 0.25) is 0 Å². The van der Waals surface area contributed by atoms with Gasteiger partial charge in [0.2, 0.25) is 0 Å². The summed E-state index contributed by atoms with van der Waals surface area (Å²) in [6.45, 7) is 4.73. The molecule has 0 amide bonds. The molecule has 1 aromatic carbocycles. The van der Waals surface area contributed by atoms with E-state index in [0.29, 0.717) is 19.7 Å². The Morgan fingerprint density at radius 3 is 2.69 bits per heavy atom. The maximum absolute atomic E-state index is 13.2. The minimum absolute atomic E-state index is 0.132. The van der Waals surface area contributed by atoms with Crippen molar-refractivity contribution in [3.05, 3.63) is 30.1 Å². The first-order valence-electron chi connectivity index (χ1n) is 5.48. The fourth-order valence-electron chi connectivity index (χ4n) is 1.42. The molecule has 90 valence electrons. The Hall–Kier alpha value is -1.13. The number of aliphatic hydroxyl groups excluding tert-OH is 1. The molecule has 1 rings (SSSR count). The van der Waals surface area contributed by atoms with Gasteiger partial charge < -0.3 is 9.84 Å². The summed E-state index contributed by atoms with van der Waals surface area (Å²) >= 11 is 0. The van der Waals surface area contributed by atoms with Gasteiger partial charge in [-0.05, 0) is 18.7 Å². The lowest BCUT2D eigenvalue weighted by Crippen LogP contribution is -2.30. The fraction of sp³-hybridized carbons (Fsp3) is 0.500. The van der Waals surface area contributed by atoms with Gasteiger partial charge in [-0.1, -0.05) is 19.1 Å². The number of hydrogen-bond acceptors (Lipinski definition) is 3. The Balaban J connectivity index is 2.32. The monoisotopic (exact) mass is 227 g/mol. The van der Waals surface area contributed by atoms with Crippen LogP contribution < -0.4 is 4.74 Å². The predicted octanol–water partition coefficient (Wildman–Crippen LogP) is 1.52. The van der Waals surface area contributed by atoms with Gasteiger partial charge in [0.25, 0.3) is 0 Å². The van der Waals surface area contributed by atoms with Crippen molar-refractivity contribution >= 4 is 0 Å². The predicted molar refractivity (Wildman–Crippen MR) is 61.1 cm³/mol. The van der Waals surface area contributed by atoms with Gasteiger partial charge in [-0.3, -0.25) is 4.90 Å². The van der Waals surface area contributed by atoms with Gasteiger partial charge in [-0.2, -0.15) is 0 Å². The van der Waals surface area contributed by atoms with Crippen molar-refractivity contribution in [2.75, 3.05) is 32.8 Å². The summed E-state index contributed by atoms with van der Waals surface area (Å²) in [7, 11) is 0. The molecule has 0 saturated carbocycles. The van der Waals surface area contributed by atoms with E-state index < -0.39 is 0 Å². The van der Waals surface area contributed by atoms with Crippen molar-refractivity contribution in [1.29, 1.82) is 0 Å². The Kier molecular flexibility index (Phi) is 5.82. The summed E-state index contributed by atoms with van der Waals surface area (Å²) in [5.74, 6) is -0.0599. The Morgan fingerprint density at radius 2 is 2.06 bits per heavy atom. The number of halogens is 1. The van der Waals surface area contributed by atoms with E-state index in [1.165, 1.54) is 6.07 Å². The minimum atomic E-state index is -0.340. The highest BCUT2D eigenvalue weighted by atomic mass is 19.1. The third kappa shape index (κ3) is 4.16. The standard InChI is InChI=1S/C12H18FNO2/c1-2-14(7-9-15)8-10-16-12-6-4-3-5-11(12)13/h3-6,15H,2,7-10H2,1H3. The van der Waals surface area contributed by atoms with E-state index in [0.717, 1.165) is 6.54 Å². The molecule has 0 unspecified atom stereocenters. The molecule has 0 fully saturated rings. The number of rotatable bonds is 7. The van der Waals surface area contributed by atoms with E-state index in [4.69, 9.17) is 9.84 Å². The van der Waals surface area contributed by atoms with Crippen LogP contribution in [0, 0.1) is 5.82 Å². The second-order valence-corrected chi connectivity index (χ2v) is 3.44. The Morgan fingerprint density at radius 1 is 1.31 bits per heavy atom. The van der Waals surface area contributed by atoms with Crippen LogP contribution >= 0.6 is 0 Å². The molecule has 0 heterocycles. The number of aliphatic hydroxyl groups is 1. The van der Waals surface area contributed by atoms with Crippen molar-refractivity contribution < 1.29 is 14.2 Å². The average molecular weight is 227 g/mol. The molecular formula is C12H18FNO2. The molecule has 3 nitrogen and oxygen atoms in total. The number of likely N-dealkylation sites (N-methyl/N-ethyl adjacent to an activating group) is 1. The van der Waals surface area contributed by atoms with Crippen molar-refractivity contribution in [1.82, 2.24) is 4.90 Å². The number of benzene rings is 1. The molecule has 0 aromatic heterocycles. The van der Waals surface area contributed by atoms with Crippen LogP contribution in [0.15, 0.2) is 24.3 Å². The van der Waals surface area contributed by atoms with Gasteiger partial charge in [-0.15, -0.1) is 0 Å². The smallest absolute Gasteiger partial charge is 0.165 e. The topological polar surface area (TPSA) is 32.7 Å². The molecule has 0 aliphatic heterocycles. The molecule has 4 heteroatoms. The molecule has 0 aliphatic carbocycles. The first kappa shape index (κ1) is 12.9. The Bertz CT molecular complexity index is 307. The molecular weight excluding hydrogens is 209 g/mol. The highest BCUT2D eigenvalue weighted by molar-refractivity contribution is 5.23. The van der Waals surface area contributed by atoms with Gasteiger partial charge in [0.15, 0.2) is 11.6 Å². The normalized spacial score (nSPS) is 10.8. The number of nitrogens with zero attached hydrogens (tertiary/aromatic N) is 1. The summed E-state index contributed by atoms with van der Waals surface area (Å²) in [6, 6.07) is 6.36. The van der Waals surface area contributed by atoms with Gasteiger partial charge in [0, 0.05) is 13.1 Å². The van der Waals surface area contributed by atoms with E-state index >= 15 is 0 Å². The molecule has 0 bridgehead atoms. The first-order valence-corrected chi connectivity index (χ1v) is 5.48. The lowest BCUT2D eigenvalue weighted by molar-refractivity contribution is 0.172. The second kappa shape index (κ2) is 7.19. The van der Waals surface area contributed by atoms with E-state index in [9.17, 15) is 4.39 Å². The lowest BCUT2D eigenvalue weighted by atomic mass is 10.3. The zero-order chi connectivity index (χ0) is 11.8. The summed E-state index contributed by atoms with van der Waals surface area (Å²) in [5.41, 5.74) is 0.